The maximum absolute atomic E-state index is 12.7. The number of hydrogen-bond acceptors (Lipinski definition) is 6. The molecule has 0 unspecified atom stereocenters. The fourth-order valence-electron chi connectivity index (χ4n) is 3.84. The van der Waals surface area contributed by atoms with Gasteiger partial charge in [-0.1, -0.05) is 12.8 Å². The quantitative estimate of drug-likeness (QED) is 0.781. The maximum atomic E-state index is 12.7. The maximum Gasteiger partial charge on any atom is 0.243 e. The highest BCUT2D eigenvalue weighted by Crippen LogP contribution is 2.31. The fourth-order valence-corrected chi connectivity index (χ4v) is 5.36. The van der Waals surface area contributed by atoms with Crippen molar-refractivity contribution in [3.05, 3.63) is 30.0 Å². The molecule has 0 saturated carbocycles. The zero-order chi connectivity index (χ0) is 19.6. The Balaban J connectivity index is 1.60. The molecule has 28 heavy (non-hydrogen) atoms. The lowest BCUT2D eigenvalue weighted by Gasteiger charge is -2.18. The van der Waals surface area contributed by atoms with E-state index in [4.69, 9.17) is 4.42 Å². The lowest BCUT2D eigenvalue weighted by Crippen LogP contribution is -2.27. The van der Waals surface area contributed by atoms with Gasteiger partial charge in [0.15, 0.2) is 0 Å². The zero-order valence-corrected chi connectivity index (χ0v) is 16.6. The van der Waals surface area contributed by atoms with Crippen LogP contribution in [0.5, 0.6) is 0 Å². The van der Waals surface area contributed by atoms with Gasteiger partial charge in [0.2, 0.25) is 27.5 Å². The third-order valence-electron chi connectivity index (χ3n) is 5.41. The van der Waals surface area contributed by atoms with Crippen molar-refractivity contribution in [1.82, 2.24) is 9.29 Å². The average molecular weight is 401 g/mol. The summed E-state index contributed by atoms with van der Waals surface area (Å²) in [6.45, 7) is 2.87. The van der Waals surface area contributed by atoms with E-state index in [0.717, 1.165) is 38.8 Å². The minimum Gasteiger partial charge on any atom is -0.419 e. The minimum atomic E-state index is -3.44. The lowest BCUT2D eigenvalue weighted by atomic mass is 10.2. The van der Waals surface area contributed by atoms with Gasteiger partial charge in [-0.2, -0.15) is 14.6 Å². The summed E-state index contributed by atoms with van der Waals surface area (Å²) in [6, 6.07) is 8.70. The largest absolute Gasteiger partial charge is 0.419 e. The third kappa shape index (κ3) is 3.64. The van der Waals surface area contributed by atoms with Crippen molar-refractivity contribution in [2.75, 3.05) is 31.1 Å². The first kappa shape index (κ1) is 19.0. The first-order valence-corrected chi connectivity index (χ1v) is 11.3. The predicted octanol–water partition coefficient (Wildman–Crippen LogP) is 3.38. The Hall–Kier alpha value is -2.37. The molecule has 2 fully saturated rings. The van der Waals surface area contributed by atoms with Crippen LogP contribution in [0.4, 0.5) is 5.88 Å². The number of nitriles is 1. The van der Waals surface area contributed by atoms with Gasteiger partial charge in [0.05, 0.1) is 4.90 Å². The van der Waals surface area contributed by atoms with Crippen LogP contribution in [0, 0.1) is 11.3 Å². The highest BCUT2D eigenvalue weighted by molar-refractivity contribution is 7.89. The van der Waals surface area contributed by atoms with Gasteiger partial charge in [-0.05, 0) is 49.9 Å². The van der Waals surface area contributed by atoms with E-state index < -0.39 is 10.0 Å². The molecule has 0 amide bonds. The molecule has 0 bridgehead atoms. The molecule has 8 heteroatoms. The van der Waals surface area contributed by atoms with Crippen molar-refractivity contribution >= 4 is 15.9 Å². The van der Waals surface area contributed by atoms with Crippen LogP contribution in [0.1, 0.15) is 44.2 Å². The highest BCUT2D eigenvalue weighted by Gasteiger charge is 2.27. The monoisotopic (exact) mass is 400 g/mol. The smallest absolute Gasteiger partial charge is 0.243 e. The number of benzene rings is 1. The molecule has 0 spiro atoms. The number of hydrogen-bond donors (Lipinski definition) is 0. The molecule has 2 aromatic rings. The Morgan fingerprint density at radius 2 is 1.54 bits per heavy atom. The van der Waals surface area contributed by atoms with Gasteiger partial charge < -0.3 is 9.32 Å². The number of oxazole rings is 1. The van der Waals surface area contributed by atoms with Gasteiger partial charge in [-0.15, -0.1) is 0 Å². The summed E-state index contributed by atoms with van der Waals surface area (Å²) >= 11 is 0. The van der Waals surface area contributed by atoms with Crippen LogP contribution in [0.3, 0.4) is 0 Å². The van der Waals surface area contributed by atoms with E-state index in [2.05, 4.69) is 16.0 Å². The van der Waals surface area contributed by atoms with Gasteiger partial charge >= 0.3 is 0 Å². The Labute approximate surface area is 165 Å². The van der Waals surface area contributed by atoms with Crippen molar-refractivity contribution in [2.24, 2.45) is 0 Å². The molecule has 148 valence electrons. The number of rotatable bonds is 4. The van der Waals surface area contributed by atoms with E-state index in [1.807, 2.05) is 0 Å². The molecule has 1 aromatic carbocycles. The number of aromatic nitrogens is 1. The summed E-state index contributed by atoms with van der Waals surface area (Å²) in [5.41, 5.74) is 0.948. The molecule has 2 aliphatic heterocycles. The van der Waals surface area contributed by atoms with Crippen molar-refractivity contribution in [2.45, 2.75) is 43.4 Å². The van der Waals surface area contributed by atoms with Crippen molar-refractivity contribution in [3.8, 4) is 17.5 Å². The Morgan fingerprint density at radius 3 is 2.14 bits per heavy atom. The van der Waals surface area contributed by atoms with Gasteiger partial charge in [-0.3, -0.25) is 0 Å². The van der Waals surface area contributed by atoms with Crippen LogP contribution in [-0.4, -0.2) is 43.9 Å². The van der Waals surface area contributed by atoms with Crippen LogP contribution >= 0.6 is 0 Å². The molecule has 2 saturated heterocycles. The fraction of sp³-hybridized carbons (Fsp3) is 0.500. The SMILES string of the molecule is N#Cc1nc(-c2ccc(S(=O)(=O)N3CCCC3)cc2)oc1N1CCCCCC1. The van der Waals surface area contributed by atoms with E-state index in [9.17, 15) is 13.7 Å². The van der Waals surface area contributed by atoms with E-state index in [1.54, 1.807) is 24.3 Å². The average Bonchev–Trinajstić information content (AvgIpc) is 3.33. The molecule has 0 atom stereocenters. The summed E-state index contributed by atoms with van der Waals surface area (Å²) < 4.78 is 32.8. The van der Waals surface area contributed by atoms with Crippen molar-refractivity contribution in [1.29, 1.82) is 5.26 Å². The Kier molecular flexibility index (Phi) is 5.38. The molecule has 4 rings (SSSR count). The van der Waals surface area contributed by atoms with Crippen molar-refractivity contribution < 1.29 is 12.8 Å². The van der Waals surface area contributed by atoms with E-state index in [-0.39, 0.29) is 10.6 Å². The number of anilines is 1. The summed E-state index contributed by atoms with van der Waals surface area (Å²) in [7, 11) is -3.44. The molecule has 0 aliphatic carbocycles. The second kappa shape index (κ2) is 7.94. The van der Waals surface area contributed by atoms with Crippen LogP contribution in [-0.2, 0) is 10.0 Å². The molecular weight excluding hydrogens is 376 g/mol. The molecule has 2 aliphatic rings. The van der Waals surface area contributed by atoms with Gasteiger partial charge in [-0.25, -0.2) is 8.42 Å². The first-order chi connectivity index (χ1) is 13.6. The van der Waals surface area contributed by atoms with E-state index in [1.165, 1.54) is 17.1 Å². The van der Waals surface area contributed by atoms with Gasteiger partial charge in [0.1, 0.15) is 6.07 Å². The predicted molar refractivity (Wildman–Crippen MR) is 105 cm³/mol. The Morgan fingerprint density at radius 1 is 0.929 bits per heavy atom. The molecule has 3 heterocycles. The number of nitrogens with zero attached hydrogens (tertiary/aromatic N) is 4. The summed E-state index contributed by atoms with van der Waals surface area (Å²) in [5, 5.41) is 9.47. The molecule has 0 N–H and O–H groups in total. The zero-order valence-electron chi connectivity index (χ0n) is 15.8. The minimum absolute atomic E-state index is 0.276. The number of sulfonamides is 1. The molecule has 0 radical (unpaired) electrons. The normalized spacial score (nSPS) is 18.8. The van der Waals surface area contributed by atoms with E-state index in [0.29, 0.717) is 30.4 Å². The van der Waals surface area contributed by atoms with Crippen LogP contribution in [0.2, 0.25) is 0 Å². The molecule has 7 nitrogen and oxygen atoms in total. The standard InChI is InChI=1S/C20H24N4O3S/c21-15-18-20(23-11-3-1-2-4-12-23)27-19(22-18)16-7-9-17(10-8-16)28(25,26)24-13-5-6-14-24/h7-10H,1-6,11-14H2. The summed E-state index contributed by atoms with van der Waals surface area (Å²) in [5.74, 6) is 0.870. The summed E-state index contributed by atoms with van der Waals surface area (Å²) in [4.78, 5) is 6.71. The third-order valence-corrected chi connectivity index (χ3v) is 7.33. The summed E-state index contributed by atoms with van der Waals surface area (Å²) in [6.07, 6.45) is 6.33. The van der Waals surface area contributed by atoms with Gasteiger partial charge in [0, 0.05) is 31.7 Å². The van der Waals surface area contributed by atoms with Gasteiger partial charge in [0.25, 0.3) is 0 Å². The van der Waals surface area contributed by atoms with Crippen LogP contribution < -0.4 is 4.90 Å². The molecule has 1 aromatic heterocycles. The molecular formula is C20H24N4O3S. The van der Waals surface area contributed by atoms with E-state index >= 15 is 0 Å². The lowest BCUT2D eigenvalue weighted by molar-refractivity contribution is 0.477. The second-order valence-corrected chi connectivity index (χ2v) is 9.26. The topological polar surface area (TPSA) is 90.4 Å². The van der Waals surface area contributed by atoms with Crippen molar-refractivity contribution in [3.63, 3.8) is 0 Å². The van der Waals surface area contributed by atoms with Crippen LogP contribution in [0.15, 0.2) is 33.6 Å². The second-order valence-electron chi connectivity index (χ2n) is 7.32. The highest BCUT2D eigenvalue weighted by atomic mass is 32.2. The first-order valence-electron chi connectivity index (χ1n) is 9.86. The van der Waals surface area contributed by atoms with Crippen LogP contribution in [0.25, 0.3) is 11.5 Å². The Bertz CT molecular complexity index is 962.